The first-order valence-corrected chi connectivity index (χ1v) is 10.3. The van der Waals surface area contributed by atoms with Gasteiger partial charge in [0.2, 0.25) is 0 Å². The number of guanidine groups is 1. The number of nitrogens with one attached hydrogen (secondary N) is 2. The van der Waals surface area contributed by atoms with E-state index in [1.165, 1.54) is 24.9 Å². The van der Waals surface area contributed by atoms with Crippen LogP contribution < -0.4 is 15.5 Å². The Kier molecular flexibility index (Phi) is 7.29. The molecular weight excluding hydrogens is 338 g/mol. The summed E-state index contributed by atoms with van der Waals surface area (Å²) >= 11 is 0. The molecule has 0 amide bonds. The van der Waals surface area contributed by atoms with Gasteiger partial charge in [-0.1, -0.05) is 13.0 Å². The summed E-state index contributed by atoms with van der Waals surface area (Å²) in [6.45, 7) is 10.5. The zero-order chi connectivity index (χ0) is 19.1. The van der Waals surface area contributed by atoms with E-state index in [9.17, 15) is 0 Å². The molecular formula is C20H35N7. The highest BCUT2D eigenvalue weighted by Gasteiger charge is 2.23. The molecule has 2 aliphatic rings. The first-order valence-electron chi connectivity index (χ1n) is 10.3. The van der Waals surface area contributed by atoms with Crippen LogP contribution in [0.25, 0.3) is 0 Å². The molecule has 27 heavy (non-hydrogen) atoms. The topological polar surface area (TPSA) is 59.0 Å². The molecule has 1 aromatic rings. The van der Waals surface area contributed by atoms with Crippen LogP contribution in [-0.4, -0.2) is 86.7 Å². The quantitative estimate of drug-likeness (QED) is 0.573. The van der Waals surface area contributed by atoms with Crippen molar-refractivity contribution in [2.45, 2.75) is 32.4 Å². The lowest BCUT2D eigenvalue weighted by Crippen LogP contribution is -2.46. The van der Waals surface area contributed by atoms with Crippen molar-refractivity contribution >= 4 is 11.8 Å². The summed E-state index contributed by atoms with van der Waals surface area (Å²) < 4.78 is 0. The first-order chi connectivity index (χ1) is 13.2. The minimum Gasteiger partial charge on any atom is -0.355 e. The molecule has 0 aromatic carbocycles. The van der Waals surface area contributed by atoms with Crippen molar-refractivity contribution in [3.8, 4) is 0 Å². The number of likely N-dealkylation sites (tertiary alicyclic amines) is 1. The maximum Gasteiger partial charge on any atom is 0.191 e. The fourth-order valence-electron chi connectivity index (χ4n) is 4.03. The minimum absolute atomic E-state index is 0.618. The lowest BCUT2D eigenvalue weighted by Gasteiger charge is -2.34. The molecule has 0 bridgehead atoms. The van der Waals surface area contributed by atoms with E-state index in [1.54, 1.807) is 0 Å². The fourth-order valence-corrected chi connectivity index (χ4v) is 4.03. The second-order valence-electron chi connectivity index (χ2n) is 7.51. The summed E-state index contributed by atoms with van der Waals surface area (Å²) in [5.74, 6) is 1.97. The molecule has 1 atom stereocenters. The normalized spacial score (nSPS) is 22.3. The van der Waals surface area contributed by atoms with Crippen molar-refractivity contribution < 1.29 is 0 Å². The molecule has 7 heteroatoms. The van der Waals surface area contributed by atoms with Crippen molar-refractivity contribution in [1.82, 2.24) is 25.4 Å². The molecule has 2 fully saturated rings. The van der Waals surface area contributed by atoms with E-state index in [0.717, 1.165) is 57.6 Å². The van der Waals surface area contributed by atoms with Crippen LogP contribution in [0.2, 0.25) is 0 Å². The Morgan fingerprint density at radius 3 is 2.78 bits per heavy atom. The fraction of sp³-hybridized carbons (Fsp3) is 0.700. The Labute approximate surface area is 163 Å². The van der Waals surface area contributed by atoms with Crippen molar-refractivity contribution in [2.75, 3.05) is 64.8 Å². The Bertz CT molecular complexity index is 610. The summed E-state index contributed by atoms with van der Waals surface area (Å²) in [4.78, 5) is 16.4. The van der Waals surface area contributed by atoms with Crippen LogP contribution in [0.1, 0.15) is 25.3 Å². The molecule has 0 radical (unpaired) electrons. The summed E-state index contributed by atoms with van der Waals surface area (Å²) in [6, 6.07) is 4.80. The van der Waals surface area contributed by atoms with E-state index in [2.05, 4.69) is 55.3 Å². The van der Waals surface area contributed by atoms with Crippen LogP contribution in [0.5, 0.6) is 0 Å². The second-order valence-corrected chi connectivity index (χ2v) is 7.51. The lowest BCUT2D eigenvalue weighted by molar-refractivity contribution is 0.267. The number of pyridine rings is 1. The van der Waals surface area contributed by atoms with E-state index in [4.69, 9.17) is 0 Å². The summed E-state index contributed by atoms with van der Waals surface area (Å²) in [5, 5.41) is 6.98. The molecule has 2 aliphatic heterocycles. The first kappa shape index (κ1) is 19.9. The van der Waals surface area contributed by atoms with Gasteiger partial charge in [0, 0.05) is 64.1 Å². The van der Waals surface area contributed by atoms with Crippen LogP contribution in [0.4, 0.5) is 5.82 Å². The number of aliphatic imine (C=N–C) groups is 1. The smallest absolute Gasteiger partial charge is 0.191 e. The summed E-state index contributed by atoms with van der Waals surface area (Å²) in [7, 11) is 4.02. The third kappa shape index (κ3) is 5.32. The number of nitrogens with zero attached hydrogens (tertiary/aromatic N) is 5. The second kappa shape index (κ2) is 9.90. The van der Waals surface area contributed by atoms with Gasteiger partial charge < -0.3 is 20.4 Å². The van der Waals surface area contributed by atoms with Gasteiger partial charge in [0.1, 0.15) is 5.82 Å². The number of hydrogen-bond donors (Lipinski definition) is 2. The molecule has 1 unspecified atom stereocenters. The van der Waals surface area contributed by atoms with Crippen molar-refractivity contribution in [1.29, 1.82) is 0 Å². The monoisotopic (exact) mass is 373 g/mol. The Morgan fingerprint density at radius 2 is 2.04 bits per heavy atom. The summed E-state index contributed by atoms with van der Waals surface area (Å²) in [5.41, 5.74) is 1.22. The van der Waals surface area contributed by atoms with E-state index in [1.807, 2.05) is 19.3 Å². The third-order valence-corrected chi connectivity index (χ3v) is 5.75. The van der Waals surface area contributed by atoms with Gasteiger partial charge in [-0.05, 0) is 39.0 Å². The molecule has 3 rings (SSSR count). The van der Waals surface area contributed by atoms with Gasteiger partial charge in [0.25, 0.3) is 0 Å². The molecule has 1 aromatic heterocycles. The highest BCUT2D eigenvalue weighted by molar-refractivity contribution is 5.79. The van der Waals surface area contributed by atoms with Crippen molar-refractivity contribution in [3.63, 3.8) is 0 Å². The number of aromatic nitrogens is 1. The van der Waals surface area contributed by atoms with Gasteiger partial charge in [-0.2, -0.15) is 0 Å². The van der Waals surface area contributed by atoms with E-state index in [0.29, 0.717) is 6.04 Å². The molecule has 2 N–H and O–H groups in total. The Balaban J connectivity index is 1.54. The predicted molar refractivity (Wildman–Crippen MR) is 112 cm³/mol. The van der Waals surface area contributed by atoms with Crippen LogP contribution in [0.15, 0.2) is 23.3 Å². The average molecular weight is 374 g/mol. The number of hydrogen-bond acceptors (Lipinski definition) is 5. The zero-order valence-corrected chi connectivity index (χ0v) is 17.1. The van der Waals surface area contributed by atoms with Crippen LogP contribution in [-0.2, 0) is 6.54 Å². The van der Waals surface area contributed by atoms with Gasteiger partial charge in [0.15, 0.2) is 5.96 Å². The van der Waals surface area contributed by atoms with Crippen molar-refractivity contribution in [2.24, 2.45) is 4.99 Å². The lowest BCUT2D eigenvalue weighted by atomic mass is 10.2. The van der Waals surface area contributed by atoms with Gasteiger partial charge in [-0.15, -0.1) is 0 Å². The molecule has 0 spiro atoms. The Morgan fingerprint density at radius 1 is 1.22 bits per heavy atom. The van der Waals surface area contributed by atoms with Gasteiger partial charge in [-0.3, -0.25) is 9.89 Å². The minimum atomic E-state index is 0.618. The van der Waals surface area contributed by atoms with Gasteiger partial charge >= 0.3 is 0 Å². The molecule has 3 heterocycles. The van der Waals surface area contributed by atoms with Crippen molar-refractivity contribution in [3.05, 3.63) is 23.9 Å². The van der Waals surface area contributed by atoms with Gasteiger partial charge in [0.05, 0.1) is 0 Å². The van der Waals surface area contributed by atoms with Crippen LogP contribution >= 0.6 is 0 Å². The number of piperazine rings is 1. The van der Waals surface area contributed by atoms with Gasteiger partial charge in [-0.25, -0.2) is 4.98 Å². The molecule has 7 nitrogen and oxygen atoms in total. The SMILES string of the molecule is CCN1CCCC1CNC(=NC)NCc1cccnc1N1CCN(C)CC1. The maximum atomic E-state index is 4.66. The Hall–Kier alpha value is -1.86. The zero-order valence-electron chi connectivity index (χ0n) is 17.1. The summed E-state index contributed by atoms with van der Waals surface area (Å²) in [6.07, 6.45) is 4.47. The molecule has 2 saturated heterocycles. The maximum absolute atomic E-state index is 4.66. The van der Waals surface area contributed by atoms with Crippen LogP contribution in [0, 0.1) is 0 Å². The predicted octanol–water partition coefficient (Wildman–Crippen LogP) is 0.983. The molecule has 0 saturated carbocycles. The highest BCUT2D eigenvalue weighted by Crippen LogP contribution is 2.19. The van der Waals surface area contributed by atoms with E-state index in [-0.39, 0.29) is 0 Å². The standard InChI is InChI=1S/C20H35N7/c1-4-26-10-6-8-18(26)16-24-20(21-2)23-15-17-7-5-9-22-19(17)27-13-11-25(3)12-14-27/h5,7,9,18H,4,6,8,10-16H2,1-3H3,(H2,21,23,24). The average Bonchev–Trinajstić information content (AvgIpc) is 3.17. The van der Waals surface area contributed by atoms with E-state index >= 15 is 0 Å². The molecule has 150 valence electrons. The third-order valence-electron chi connectivity index (χ3n) is 5.75. The number of likely N-dealkylation sites (N-methyl/N-ethyl adjacent to an activating group) is 2. The highest BCUT2D eigenvalue weighted by atomic mass is 15.3. The number of rotatable bonds is 6. The largest absolute Gasteiger partial charge is 0.355 e. The van der Waals surface area contributed by atoms with E-state index < -0.39 is 0 Å². The molecule has 0 aliphatic carbocycles. The van der Waals surface area contributed by atoms with Crippen LogP contribution in [0.3, 0.4) is 0 Å². The number of anilines is 1.